The number of hydrogen-bond acceptors (Lipinski definition) is 7. The van der Waals surface area contributed by atoms with Crippen molar-refractivity contribution in [3.63, 3.8) is 0 Å². The fourth-order valence-corrected chi connectivity index (χ4v) is 5.54. The monoisotopic (exact) mass is 511 g/mol. The Morgan fingerprint density at radius 3 is 2.08 bits per heavy atom. The molecule has 1 aromatic heterocycles. The lowest BCUT2D eigenvalue weighted by atomic mass is 9.93. The Labute approximate surface area is 218 Å². The highest BCUT2D eigenvalue weighted by molar-refractivity contribution is 6.46. The fraction of sp³-hybridized carbons (Fsp3) is 0.500. The van der Waals surface area contributed by atoms with E-state index in [0.29, 0.717) is 41.5 Å². The number of nitrogens with one attached hydrogen (secondary N) is 1. The maximum Gasteiger partial charge on any atom is 0.295 e. The van der Waals surface area contributed by atoms with Gasteiger partial charge in [-0.25, -0.2) is 0 Å². The van der Waals surface area contributed by atoms with E-state index in [1.807, 2.05) is 20.8 Å². The van der Waals surface area contributed by atoms with Crippen LogP contribution in [0.15, 0.2) is 17.7 Å². The number of methoxy groups -OCH3 is 3. The highest BCUT2D eigenvalue weighted by Crippen LogP contribution is 2.46. The maximum atomic E-state index is 13.5. The Hall–Kier alpha value is -3.46. The van der Waals surface area contributed by atoms with E-state index in [2.05, 4.69) is 9.88 Å². The number of Topliss-reactive ketones (excluding diaryl/α,β-unsaturated/α-hetero) is 1. The average molecular weight is 512 g/mol. The van der Waals surface area contributed by atoms with Crippen molar-refractivity contribution >= 4 is 17.4 Å². The average Bonchev–Trinajstić information content (AvgIpc) is 3.31. The Morgan fingerprint density at radius 1 is 0.946 bits per heavy atom. The SMILES string of the molecule is COc1cc(C2/C(=C(\O)c3c(C)[nH]c(C)c3C)C(=O)C(=O)N2CCN2CCCCC2)cc(OC)c1OC. The van der Waals surface area contributed by atoms with Crippen LogP contribution in [0.4, 0.5) is 0 Å². The van der Waals surface area contributed by atoms with Gasteiger partial charge in [-0.05, 0) is 70.0 Å². The van der Waals surface area contributed by atoms with Crippen molar-refractivity contribution in [3.05, 3.63) is 45.8 Å². The van der Waals surface area contributed by atoms with Crippen LogP contribution in [-0.4, -0.2) is 79.1 Å². The number of ketones is 1. The minimum Gasteiger partial charge on any atom is -0.507 e. The number of hydrogen-bond donors (Lipinski definition) is 2. The van der Waals surface area contributed by atoms with Crippen molar-refractivity contribution in [2.45, 2.75) is 46.1 Å². The molecule has 2 saturated heterocycles. The van der Waals surface area contributed by atoms with Gasteiger partial charge < -0.3 is 34.1 Å². The number of benzene rings is 1. The number of piperidine rings is 1. The zero-order valence-corrected chi connectivity index (χ0v) is 22.6. The summed E-state index contributed by atoms with van der Waals surface area (Å²) in [5.74, 6) is -0.289. The first kappa shape index (κ1) is 26.6. The zero-order valence-electron chi connectivity index (χ0n) is 22.6. The molecule has 0 bridgehead atoms. The molecule has 4 rings (SSSR count). The molecule has 1 amide bonds. The summed E-state index contributed by atoms with van der Waals surface area (Å²) in [5, 5.41) is 11.6. The molecule has 0 radical (unpaired) electrons. The largest absolute Gasteiger partial charge is 0.507 e. The first-order chi connectivity index (χ1) is 17.7. The van der Waals surface area contributed by atoms with Crippen LogP contribution in [0, 0.1) is 20.8 Å². The minimum atomic E-state index is -0.812. The number of rotatable bonds is 8. The molecule has 0 aliphatic carbocycles. The first-order valence-corrected chi connectivity index (χ1v) is 12.7. The molecule has 3 heterocycles. The van der Waals surface area contributed by atoms with Gasteiger partial charge in [0.2, 0.25) is 5.75 Å². The number of carbonyl (C=O) groups excluding carboxylic acids is 2. The molecule has 2 fully saturated rings. The van der Waals surface area contributed by atoms with Crippen LogP contribution in [-0.2, 0) is 9.59 Å². The molecule has 0 spiro atoms. The number of aromatic nitrogens is 1. The fourth-order valence-electron chi connectivity index (χ4n) is 5.54. The normalized spacial score (nSPS) is 19.9. The van der Waals surface area contributed by atoms with Crippen LogP contribution in [0.2, 0.25) is 0 Å². The van der Waals surface area contributed by atoms with Gasteiger partial charge in [0.05, 0.1) is 32.9 Å². The molecular formula is C28H37N3O6. The Bertz CT molecular complexity index is 1200. The number of H-pyrrole nitrogens is 1. The molecule has 200 valence electrons. The number of aliphatic hydroxyl groups excluding tert-OH is 1. The zero-order chi connectivity index (χ0) is 26.9. The van der Waals surface area contributed by atoms with Crippen LogP contribution < -0.4 is 14.2 Å². The molecule has 1 aromatic carbocycles. The molecule has 37 heavy (non-hydrogen) atoms. The maximum absolute atomic E-state index is 13.5. The topological polar surface area (TPSA) is 104 Å². The second-order valence-corrected chi connectivity index (χ2v) is 9.73. The van der Waals surface area contributed by atoms with Crippen molar-refractivity contribution in [2.75, 3.05) is 47.5 Å². The second-order valence-electron chi connectivity index (χ2n) is 9.73. The predicted octanol–water partition coefficient (Wildman–Crippen LogP) is 3.87. The minimum absolute atomic E-state index is 0.0584. The molecule has 9 heteroatoms. The van der Waals surface area contributed by atoms with Gasteiger partial charge in [0.25, 0.3) is 11.7 Å². The summed E-state index contributed by atoms with van der Waals surface area (Å²) >= 11 is 0. The lowest BCUT2D eigenvalue weighted by molar-refractivity contribution is -0.140. The molecule has 0 saturated carbocycles. The quantitative estimate of drug-likeness (QED) is 0.315. The van der Waals surface area contributed by atoms with E-state index in [4.69, 9.17) is 14.2 Å². The van der Waals surface area contributed by atoms with Gasteiger partial charge in [-0.1, -0.05) is 6.42 Å². The number of aromatic amines is 1. The van der Waals surface area contributed by atoms with Crippen molar-refractivity contribution < 1.29 is 28.9 Å². The Kier molecular flexibility index (Phi) is 7.82. The Balaban J connectivity index is 1.88. The first-order valence-electron chi connectivity index (χ1n) is 12.7. The van der Waals surface area contributed by atoms with Gasteiger partial charge in [-0.15, -0.1) is 0 Å². The number of amides is 1. The molecule has 2 aliphatic rings. The number of likely N-dealkylation sites (tertiary alicyclic amines) is 2. The lowest BCUT2D eigenvalue weighted by Crippen LogP contribution is -2.40. The number of aryl methyl sites for hydroxylation is 2. The smallest absolute Gasteiger partial charge is 0.295 e. The van der Waals surface area contributed by atoms with Crippen molar-refractivity contribution in [1.82, 2.24) is 14.8 Å². The lowest BCUT2D eigenvalue weighted by Gasteiger charge is -2.31. The van der Waals surface area contributed by atoms with Gasteiger partial charge in [0.1, 0.15) is 5.76 Å². The molecule has 2 N–H and O–H groups in total. The summed E-state index contributed by atoms with van der Waals surface area (Å²) in [4.78, 5) is 34.0. The molecule has 2 aliphatic heterocycles. The second kappa shape index (κ2) is 10.9. The van der Waals surface area contributed by atoms with Crippen molar-refractivity contribution in [1.29, 1.82) is 0 Å². The summed E-state index contributed by atoms with van der Waals surface area (Å²) in [5.41, 5.74) is 3.65. The molecule has 9 nitrogen and oxygen atoms in total. The van der Waals surface area contributed by atoms with Gasteiger partial charge in [0, 0.05) is 30.0 Å². The van der Waals surface area contributed by atoms with Gasteiger partial charge >= 0.3 is 0 Å². The highest BCUT2D eigenvalue weighted by atomic mass is 16.5. The number of nitrogens with zero attached hydrogens (tertiary/aromatic N) is 2. The number of aliphatic hydroxyl groups is 1. The third kappa shape index (κ3) is 4.80. The van der Waals surface area contributed by atoms with Crippen LogP contribution >= 0.6 is 0 Å². The summed E-state index contributed by atoms with van der Waals surface area (Å²) in [7, 11) is 4.55. The van der Waals surface area contributed by atoms with E-state index in [0.717, 1.165) is 42.9 Å². The molecule has 1 atom stereocenters. The van der Waals surface area contributed by atoms with E-state index in [1.54, 1.807) is 17.0 Å². The summed E-state index contributed by atoms with van der Waals surface area (Å²) < 4.78 is 16.6. The molecular weight excluding hydrogens is 474 g/mol. The van der Waals surface area contributed by atoms with E-state index < -0.39 is 17.7 Å². The van der Waals surface area contributed by atoms with Crippen molar-refractivity contribution in [2.24, 2.45) is 0 Å². The van der Waals surface area contributed by atoms with E-state index in [1.165, 1.54) is 27.8 Å². The summed E-state index contributed by atoms with van der Waals surface area (Å²) in [6.07, 6.45) is 3.46. The van der Waals surface area contributed by atoms with Crippen LogP contribution in [0.5, 0.6) is 17.2 Å². The highest BCUT2D eigenvalue weighted by Gasteiger charge is 2.47. The van der Waals surface area contributed by atoms with E-state index in [-0.39, 0.29) is 11.3 Å². The molecule has 1 unspecified atom stereocenters. The third-order valence-corrected chi connectivity index (χ3v) is 7.57. The van der Waals surface area contributed by atoms with Crippen LogP contribution in [0.25, 0.3) is 5.76 Å². The molecule has 2 aromatic rings. The summed E-state index contributed by atoms with van der Waals surface area (Å²) in [6.45, 7) is 8.58. The van der Waals surface area contributed by atoms with Gasteiger partial charge in [0.15, 0.2) is 11.5 Å². The number of carbonyl (C=O) groups is 2. The summed E-state index contributed by atoms with van der Waals surface area (Å²) in [6, 6.07) is 2.66. The Morgan fingerprint density at radius 2 is 1.57 bits per heavy atom. The van der Waals surface area contributed by atoms with Crippen LogP contribution in [0.1, 0.15) is 53.4 Å². The standard InChI is InChI=1S/C28H37N3O6/c1-16-17(2)29-18(3)22(16)25(32)23-24(19-14-20(35-4)27(37-6)21(15-19)36-5)31(28(34)26(23)33)13-12-30-10-8-7-9-11-30/h14-15,24,29,32H,7-13H2,1-6H3/b25-23+. The number of ether oxygens (including phenoxy) is 3. The van der Waals surface area contributed by atoms with Gasteiger partial charge in [-0.3, -0.25) is 9.59 Å². The predicted molar refractivity (Wildman–Crippen MR) is 140 cm³/mol. The van der Waals surface area contributed by atoms with Gasteiger partial charge in [-0.2, -0.15) is 0 Å². The van der Waals surface area contributed by atoms with E-state index in [9.17, 15) is 14.7 Å². The van der Waals surface area contributed by atoms with Crippen LogP contribution in [0.3, 0.4) is 0 Å². The third-order valence-electron chi connectivity index (χ3n) is 7.57. The van der Waals surface area contributed by atoms with Crippen molar-refractivity contribution in [3.8, 4) is 17.2 Å². The van der Waals surface area contributed by atoms with E-state index >= 15 is 0 Å².